The summed E-state index contributed by atoms with van der Waals surface area (Å²) in [5.74, 6) is 1.64. The summed E-state index contributed by atoms with van der Waals surface area (Å²) < 4.78 is 11.2. The smallest absolute Gasteiger partial charge is 0.221 e. The van der Waals surface area contributed by atoms with E-state index in [2.05, 4.69) is 22.0 Å². The molecule has 3 rings (SSSR count). The fraction of sp³-hybridized carbons (Fsp3) is 0.632. The molecule has 1 saturated heterocycles. The first-order valence-electron chi connectivity index (χ1n) is 9.29. The highest BCUT2D eigenvalue weighted by atomic mass is 16.6. The maximum Gasteiger partial charge on any atom is 0.221 e. The highest BCUT2D eigenvalue weighted by Gasteiger charge is 2.18. The molecule has 2 aliphatic heterocycles. The zero-order valence-corrected chi connectivity index (χ0v) is 15.3. The van der Waals surface area contributed by atoms with E-state index in [0.717, 1.165) is 56.3 Å². The first kappa shape index (κ1) is 18.0. The molecule has 1 N–H and O–H groups in total. The number of fused-ring (bicyclic) bond motifs is 1. The van der Waals surface area contributed by atoms with Gasteiger partial charge in [-0.3, -0.25) is 4.79 Å². The van der Waals surface area contributed by atoms with E-state index in [1.165, 1.54) is 0 Å². The monoisotopic (exact) mass is 347 g/mol. The molecule has 25 heavy (non-hydrogen) atoms. The molecule has 1 fully saturated rings. The molecule has 0 aromatic heterocycles. The Morgan fingerprint density at radius 2 is 1.80 bits per heavy atom. The Bertz CT molecular complexity index is 585. The van der Waals surface area contributed by atoms with Crippen LogP contribution in [0.2, 0.25) is 0 Å². The van der Waals surface area contributed by atoms with Gasteiger partial charge in [-0.2, -0.15) is 0 Å². The van der Waals surface area contributed by atoms with E-state index < -0.39 is 0 Å². The molecule has 0 saturated carbocycles. The molecule has 2 aliphatic rings. The van der Waals surface area contributed by atoms with Gasteiger partial charge < -0.3 is 24.6 Å². The van der Waals surface area contributed by atoms with Gasteiger partial charge in [0, 0.05) is 39.1 Å². The standard InChI is InChI=1S/C19H29N3O3/c1-3-21-8-10-22(11-9-21)7-6-19(23)20-15(2)16-4-5-17-18(14-16)25-13-12-24-17/h4-5,14-15H,3,6-13H2,1-2H3,(H,20,23)/t15-/m0/s1. The zero-order valence-electron chi connectivity index (χ0n) is 15.3. The summed E-state index contributed by atoms with van der Waals surface area (Å²) in [7, 11) is 0. The first-order chi connectivity index (χ1) is 12.2. The molecule has 1 aromatic carbocycles. The molecule has 0 aliphatic carbocycles. The van der Waals surface area contributed by atoms with Crippen molar-refractivity contribution in [3.63, 3.8) is 0 Å². The Morgan fingerprint density at radius 3 is 2.52 bits per heavy atom. The van der Waals surface area contributed by atoms with Crippen LogP contribution >= 0.6 is 0 Å². The van der Waals surface area contributed by atoms with E-state index in [0.29, 0.717) is 19.6 Å². The molecule has 1 aromatic rings. The van der Waals surface area contributed by atoms with Gasteiger partial charge in [0.05, 0.1) is 6.04 Å². The Kier molecular flexibility index (Phi) is 6.15. The minimum absolute atomic E-state index is 0.0414. The molecule has 138 valence electrons. The predicted octanol–water partition coefficient (Wildman–Crippen LogP) is 1.66. The van der Waals surface area contributed by atoms with Crippen LogP contribution in [0, 0.1) is 0 Å². The van der Waals surface area contributed by atoms with Crippen molar-refractivity contribution < 1.29 is 14.3 Å². The number of amides is 1. The molecule has 2 heterocycles. The molecule has 0 spiro atoms. The van der Waals surface area contributed by atoms with Crippen LogP contribution in [0.1, 0.15) is 31.9 Å². The summed E-state index contributed by atoms with van der Waals surface area (Å²) in [5.41, 5.74) is 1.04. The Hall–Kier alpha value is -1.79. The topological polar surface area (TPSA) is 54.0 Å². The van der Waals surface area contributed by atoms with Crippen LogP contribution in [0.5, 0.6) is 11.5 Å². The minimum atomic E-state index is -0.0414. The van der Waals surface area contributed by atoms with Crippen molar-refractivity contribution in [2.24, 2.45) is 0 Å². The van der Waals surface area contributed by atoms with Gasteiger partial charge in [0.2, 0.25) is 5.91 Å². The van der Waals surface area contributed by atoms with Gasteiger partial charge in [0.25, 0.3) is 0 Å². The lowest BCUT2D eigenvalue weighted by Crippen LogP contribution is -2.47. The maximum absolute atomic E-state index is 12.3. The van der Waals surface area contributed by atoms with Crippen LogP contribution in [-0.4, -0.2) is 68.2 Å². The fourth-order valence-corrected chi connectivity index (χ4v) is 3.32. The Labute approximate surface area is 150 Å². The molecule has 0 radical (unpaired) electrons. The third-order valence-corrected chi connectivity index (χ3v) is 5.01. The van der Waals surface area contributed by atoms with Crippen LogP contribution < -0.4 is 14.8 Å². The number of hydrogen-bond donors (Lipinski definition) is 1. The van der Waals surface area contributed by atoms with Gasteiger partial charge in [0.15, 0.2) is 11.5 Å². The van der Waals surface area contributed by atoms with Gasteiger partial charge in [-0.1, -0.05) is 13.0 Å². The lowest BCUT2D eigenvalue weighted by molar-refractivity contribution is -0.122. The van der Waals surface area contributed by atoms with E-state index in [-0.39, 0.29) is 11.9 Å². The van der Waals surface area contributed by atoms with Gasteiger partial charge in [-0.05, 0) is 31.2 Å². The molecular formula is C19H29N3O3. The lowest BCUT2D eigenvalue weighted by Gasteiger charge is -2.33. The van der Waals surface area contributed by atoms with Crippen LogP contribution in [0.3, 0.4) is 0 Å². The number of carbonyl (C=O) groups excluding carboxylic acids is 1. The van der Waals surface area contributed by atoms with Crippen molar-refractivity contribution in [3.05, 3.63) is 23.8 Å². The van der Waals surface area contributed by atoms with E-state index in [9.17, 15) is 4.79 Å². The summed E-state index contributed by atoms with van der Waals surface area (Å²) in [4.78, 5) is 17.1. The highest BCUT2D eigenvalue weighted by molar-refractivity contribution is 5.76. The average Bonchev–Trinajstić information content (AvgIpc) is 2.66. The summed E-state index contributed by atoms with van der Waals surface area (Å²) >= 11 is 0. The van der Waals surface area contributed by atoms with Crippen LogP contribution in [-0.2, 0) is 4.79 Å². The van der Waals surface area contributed by atoms with E-state index in [1.807, 2.05) is 25.1 Å². The molecule has 0 bridgehead atoms. The maximum atomic E-state index is 12.3. The van der Waals surface area contributed by atoms with Crippen LogP contribution in [0.4, 0.5) is 0 Å². The number of nitrogens with zero attached hydrogens (tertiary/aromatic N) is 2. The van der Waals surface area contributed by atoms with Crippen molar-refractivity contribution >= 4 is 5.91 Å². The number of hydrogen-bond acceptors (Lipinski definition) is 5. The summed E-state index contributed by atoms with van der Waals surface area (Å²) in [5, 5.41) is 3.09. The number of carbonyl (C=O) groups is 1. The van der Waals surface area contributed by atoms with Gasteiger partial charge in [-0.15, -0.1) is 0 Å². The second kappa shape index (κ2) is 8.54. The third kappa shape index (κ3) is 4.86. The quantitative estimate of drug-likeness (QED) is 0.848. The average molecular weight is 347 g/mol. The molecular weight excluding hydrogens is 318 g/mol. The molecule has 6 heteroatoms. The number of likely N-dealkylation sites (N-methyl/N-ethyl adjacent to an activating group) is 1. The largest absolute Gasteiger partial charge is 0.486 e. The van der Waals surface area contributed by atoms with Gasteiger partial charge in [-0.25, -0.2) is 0 Å². The van der Waals surface area contributed by atoms with E-state index >= 15 is 0 Å². The van der Waals surface area contributed by atoms with Crippen LogP contribution in [0.25, 0.3) is 0 Å². The summed E-state index contributed by atoms with van der Waals surface area (Å²) in [6, 6.07) is 5.83. The van der Waals surface area contributed by atoms with Gasteiger partial charge >= 0.3 is 0 Å². The third-order valence-electron chi connectivity index (χ3n) is 5.01. The molecule has 6 nitrogen and oxygen atoms in total. The van der Waals surface area contributed by atoms with Gasteiger partial charge in [0.1, 0.15) is 13.2 Å². The highest BCUT2D eigenvalue weighted by Crippen LogP contribution is 2.32. The first-order valence-corrected chi connectivity index (χ1v) is 9.29. The predicted molar refractivity (Wildman–Crippen MR) is 97.2 cm³/mol. The molecule has 1 amide bonds. The second-order valence-electron chi connectivity index (χ2n) is 6.72. The minimum Gasteiger partial charge on any atom is -0.486 e. The summed E-state index contributed by atoms with van der Waals surface area (Å²) in [6.07, 6.45) is 0.543. The number of piperazine rings is 1. The number of nitrogens with one attached hydrogen (secondary N) is 1. The Balaban J connectivity index is 1.44. The SMILES string of the molecule is CCN1CCN(CCC(=O)N[C@@H](C)c2ccc3c(c2)OCCO3)CC1. The van der Waals surface area contributed by atoms with E-state index in [1.54, 1.807) is 0 Å². The number of benzene rings is 1. The van der Waals surface area contributed by atoms with Crippen molar-refractivity contribution in [3.8, 4) is 11.5 Å². The van der Waals surface area contributed by atoms with E-state index in [4.69, 9.17) is 9.47 Å². The van der Waals surface area contributed by atoms with Crippen molar-refractivity contribution in [2.45, 2.75) is 26.3 Å². The lowest BCUT2D eigenvalue weighted by atomic mass is 10.1. The normalized spacial score (nSPS) is 19.4. The zero-order chi connectivity index (χ0) is 17.6. The number of ether oxygens (including phenoxy) is 2. The Morgan fingerprint density at radius 1 is 1.12 bits per heavy atom. The fourth-order valence-electron chi connectivity index (χ4n) is 3.32. The van der Waals surface area contributed by atoms with Crippen molar-refractivity contribution in [1.82, 2.24) is 15.1 Å². The second-order valence-corrected chi connectivity index (χ2v) is 6.72. The van der Waals surface area contributed by atoms with Crippen molar-refractivity contribution in [1.29, 1.82) is 0 Å². The molecule has 1 atom stereocenters. The number of rotatable bonds is 6. The van der Waals surface area contributed by atoms with Crippen LogP contribution in [0.15, 0.2) is 18.2 Å². The molecule has 0 unspecified atom stereocenters. The summed E-state index contributed by atoms with van der Waals surface area (Å²) in [6.45, 7) is 11.6. The van der Waals surface area contributed by atoms with Crippen molar-refractivity contribution in [2.75, 3.05) is 52.5 Å².